The molecule has 0 aromatic carbocycles. The van der Waals surface area contributed by atoms with Gasteiger partial charge in [-0.15, -0.1) is 0 Å². The van der Waals surface area contributed by atoms with Crippen LogP contribution in [0.3, 0.4) is 0 Å². The molecule has 1 aromatic heterocycles. The van der Waals surface area contributed by atoms with Gasteiger partial charge in [-0.1, -0.05) is 13.3 Å². The van der Waals surface area contributed by atoms with Crippen molar-refractivity contribution in [2.24, 2.45) is 0 Å². The summed E-state index contributed by atoms with van der Waals surface area (Å²) < 4.78 is 0. The Labute approximate surface area is 96.1 Å². The van der Waals surface area contributed by atoms with Gasteiger partial charge in [-0.25, -0.2) is 0 Å². The van der Waals surface area contributed by atoms with Crippen molar-refractivity contribution in [1.29, 1.82) is 0 Å². The highest BCUT2D eigenvalue weighted by molar-refractivity contribution is 7.80. The van der Waals surface area contributed by atoms with Crippen LogP contribution in [0.5, 0.6) is 0 Å². The number of nitrogens with zero attached hydrogens (tertiary/aromatic N) is 2. The van der Waals surface area contributed by atoms with Gasteiger partial charge in [-0.3, -0.25) is 5.10 Å². The first-order chi connectivity index (χ1) is 7.24. The van der Waals surface area contributed by atoms with Gasteiger partial charge in [-0.2, -0.15) is 5.10 Å². The smallest absolute Gasteiger partial charge is 0.168 e. The van der Waals surface area contributed by atoms with Crippen LogP contribution in [0.25, 0.3) is 0 Å². The molecule has 0 radical (unpaired) electrons. The topological polar surface area (TPSA) is 44.0 Å². The molecule has 5 heteroatoms. The van der Waals surface area contributed by atoms with Crippen LogP contribution in [0, 0.1) is 0 Å². The zero-order valence-electron chi connectivity index (χ0n) is 9.29. The van der Waals surface area contributed by atoms with Crippen molar-refractivity contribution >= 4 is 17.3 Å². The first kappa shape index (κ1) is 12.0. The molecule has 0 aliphatic heterocycles. The molecule has 0 fully saturated rings. The lowest BCUT2D eigenvalue weighted by molar-refractivity contribution is 0.488. The van der Waals surface area contributed by atoms with Crippen molar-refractivity contribution in [2.75, 3.05) is 13.6 Å². The van der Waals surface area contributed by atoms with E-state index in [9.17, 15) is 0 Å². The minimum absolute atomic E-state index is 0.786. The third kappa shape index (κ3) is 4.29. The largest absolute Gasteiger partial charge is 0.363 e. The zero-order valence-corrected chi connectivity index (χ0v) is 10.1. The number of H-pyrrole nitrogens is 1. The van der Waals surface area contributed by atoms with Crippen molar-refractivity contribution < 1.29 is 0 Å². The lowest BCUT2D eigenvalue weighted by atomic mass is 10.3. The summed E-state index contributed by atoms with van der Waals surface area (Å²) in [6.07, 6.45) is 6.02. The van der Waals surface area contributed by atoms with Crippen LogP contribution < -0.4 is 5.32 Å². The predicted octanol–water partition coefficient (Wildman–Crippen LogP) is 1.52. The summed E-state index contributed by atoms with van der Waals surface area (Å²) in [6, 6.07) is 0. The lowest BCUT2D eigenvalue weighted by Crippen LogP contribution is -2.36. The number of aromatic nitrogens is 2. The van der Waals surface area contributed by atoms with Gasteiger partial charge < -0.3 is 10.2 Å². The van der Waals surface area contributed by atoms with E-state index in [1.165, 1.54) is 6.42 Å². The summed E-state index contributed by atoms with van der Waals surface area (Å²) in [4.78, 5) is 2.01. The number of aromatic amines is 1. The van der Waals surface area contributed by atoms with Gasteiger partial charge in [0.15, 0.2) is 5.11 Å². The number of rotatable bonds is 5. The minimum Gasteiger partial charge on any atom is -0.363 e. The van der Waals surface area contributed by atoms with E-state index in [1.807, 2.05) is 24.3 Å². The quantitative estimate of drug-likeness (QED) is 0.590. The zero-order chi connectivity index (χ0) is 11.1. The molecule has 1 rings (SSSR count). The molecule has 0 saturated heterocycles. The summed E-state index contributed by atoms with van der Waals surface area (Å²) in [7, 11) is 1.98. The molecule has 1 heterocycles. The fraction of sp³-hybridized carbons (Fsp3) is 0.600. The molecule has 15 heavy (non-hydrogen) atoms. The Kier molecular flexibility index (Phi) is 5.10. The van der Waals surface area contributed by atoms with Crippen LogP contribution in [0.15, 0.2) is 12.4 Å². The third-order valence-corrected chi connectivity index (χ3v) is 2.58. The second kappa shape index (κ2) is 6.40. The van der Waals surface area contributed by atoms with E-state index in [-0.39, 0.29) is 0 Å². The molecular formula is C10H18N4S. The van der Waals surface area contributed by atoms with E-state index in [0.29, 0.717) is 0 Å². The van der Waals surface area contributed by atoms with Crippen LogP contribution >= 0.6 is 12.2 Å². The third-order valence-electron chi connectivity index (χ3n) is 2.13. The molecule has 0 spiro atoms. The Morgan fingerprint density at radius 3 is 3.07 bits per heavy atom. The Morgan fingerprint density at radius 2 is 2.47 bits per heavy atom. The summed E-state index contributed by atoms with van der Waals surface area (Å²) in [5.41, 5.74) is 1.14. The molecule has 0 saturated carbocycles. The van der Waals surface area contributed by atoms with Gasteiger partial charge in [-0.05, 0) is 18.6 Å². The van der Waals surface area contributed by atoms with E-state index in [1.54, 1.807) is 0 Å². The Balaban J connectivity index is 2.27. The van der Waals surface area contributed by atoms with Gasteiger partial charge in [0, 0.05) is 31.9 Å². The highest BCUT2D eigenvalue weighted by Gasteiger charge is 2.04. The van der Waals surface area contributed by atoms with Crippen LogP contribution in [-0.4, -0.2) is 33.8 Å². The van der Waals surface area contributed by atoms with Gasteiger partial charge in [0.25, 0.3) is 0 Å². The fourth-order valence-electron chi connectivity index (χ4n) is 1.22. The number of hydrogen-bond donors (Lipinski definition) is 2. The molecule has 0 atom stereocenters. The molecule has 0 aliphatic carbocycles. The number of hydrogen-bond acceptors (Lipinski definition) is 2. The maximum Gasteiger partial charge on any atom is 0.168 e. The minimum atomic E-state index is 0.786. The average molecular weight is 226 g/mol. The lowest BCUT2D eigenvalue weighted by Gasteiger charge is -2.20. The Morgan fingerprint density at radius 1 is 1.67 bits per heavy atom. The predicted molar refractivity (Wildman–Crippen MR) is 65.6 cm³/mol. The monoisotopic (exact) mass is 226 g/mol. The highest BCUT2D eigenvalue weighted by Crippen LogP contribution is 1.99. The second-order valence-electron chi connectivity index (χ2n) is 3.55. The van der Waals surface area contributed by atoms with Crippen molar-refractivity contribution in [3.8, 4) is 0 Å². The van der Waals surface area contributed by atoms with E-state index in [2.05, 4.69) is 22.4 Å². The van der Waals surface area contributed by atoms with E-state index in [4.69, 9.17) is 12.2 Å². The molecule has 0 bridgehead atoms. The van der Waals surface area contributed by atoms with Crippen molar-refractivity contribution in [3.05, 3.63) is 18.0 Å². The molecule has 0 unspecified atom stereocenters. The number of unbranched alkanes of at least 4 members (excludes halogenated alkanes) is 1. The molecule has 0 amide bonds. The molecule has 84 valence electrons. The number of nitrogens with one attached hydrogen (secondary N) is 2. The van der Waals surface area contributed by atoms with Crippen LogP contribution in [0.2, 0.25) is 0 Å². The van der Waals surface area contributed by atoms with E-state index >= 15 is 0 Å². The van der Waals surface area contributed by atoms with Gasteiger partial charge >= 0.3 is 0 Å². The molecule has 1 aromatic rings. The SMILES string of the molecule is CCCCNC(=S)N(C)Cc1cn[nH]c1. The van der Waals surface area contributed by atoms with Crippen molar-refractivity contribution in [3.63, 3.8) is 0 Å². The van der Waals surface area contributed by atoms with E-state index < -0.39 is 0 Å². The van der Waals surface area contributed by atoms with Crippen LogP contribution in [0.1, 0.15) is 25.3 Å². The van der Waals surface area contributed by atoms with Gasteiger partial charge in [0.2, 0.25) is 0 Å². The molecular weight excluding hydrogens is 208 g/mol. The Hall–Kier alpha value is -1.10. The maximum atomic E-state index is 5.25. The first-order valence-electron chi connectivity index (χ1n) is 5.20. The summed E-state index contributed by atoms with van der Waals surface area (Å²) in [5, 5.41) is 10.7. The normalized spacial score (nSPS) is 10.0. The molecule has 0 aliphatic rings. The summed E-state index contributed by atoms with van der Waals surface area (Å²) >= 11 is 5.25. The Bertz CT molecular complexity index is 284. The fourth-order valence-corrected chi connectivity index (χ4v) is 1.38. The first-order valence-corrected chi connectivity index (χ1v) is 5.61. The van der Waals surface area contributed by atoms with Gasteiger partial charge in [0.1, 0.15) is 0 Å². The van der Waals surface area contributed by atoms with Gasteiger partial charge in [0.05, 0.1) is 6.20 Å². The summed E-state index contributed by atoms with van der Waals surface area (Å²) in [5.74, 6) is 0. The molecule has 2 N–H and O–H groups in total. The second-order valence-corrected chi connectivity index (χ2v) is 3.93. The standard InChI is InChI=1S/C10H18N4S/c1-3-4-5-11-10(15)14(2)8-9-6-12-13-7-9/h6-7H,3-5,8H2,1-2H3,(H,11,15)(H,12,13). The van der Waals surface area contributed by atoms with Crippen LogP contribution in [0.4, 0.5) is 0 Å². The highest BCUT2D eigenvalue weighted by atomic mass is 32.1. The number of thiocarbonyl (C=S) groups is 1. The van der Waals surface area contributed by atoms with E-state index in [0.717, 1.165) is 30.2 Å². The van der Waals surface area contributed by atoms with Crippen molar-refractivity contribution in [1.82, 2.24) is 20.4 Å². The average Bonchev–Trinajstić information content (AvgIpc) is 2.70. The molecule has 4 nitrogen and oxygen atoms in total. The van der Waals surface area contributed by atoms with Crippen molar-refractivity contribution in [2.45, 2.75) is 26.3 Å². The summed E-state index contributed by atoms with van der Waals surface area (Å²) in [6.45, 7) is 3.90. The maximum absolute atomic E-state index is 5.25. The van der Waals surface area contributed by atoms with Crippen LogP contribution in [-0.2, 0) is 6.54 Å².